The van der Waals surface area contributed by atoms with Crippen molar-refractivity contribution in [1.82, 2.24) is 10.1 Å². The lowest BCUT2D eigenvalue weighted by Crippen LogP contribution is -2.31. The summed E-state index contributed by atoms with van der Waals surface area (Å²) in [6.45, 7) is 4.79. The van der Waals surface area contributed by atoms with Crippen molar-refractivity contribution in [3.05, 3.63) is 77.9 Å². The van der Waals surface area contributed by atoms with Crippen LogP contribution in [0.15, 0.2) is 81.0 Å². The van der Waals surface area contributed by atoms with Crippen LogP contribution >= 0.6 is 11.8 Å². The van der Waals surface area contributed by atoms with Gasteiger partial charge in [0, 0.05) is 27.5 Å². The number of aromatic nitrogens is 2. The first-order valence-electron chi connectivity index (χ1n) is 10.3. The van der Waals surface area contributed by atoms with E-state index in [9.17, 15) is 4.79 Å². The van der Waals surface area contributed by atoms with E-state index in [2.05, 4.69) is 17.1 Å². The molecule has 154 valence electrons. The number of nitrogens with zero attached hydrogens (tertiary/aromatic N) is 3. The lowest BCUT2D eigenvalue weighted by Gasteiger charge is -2.22. The maximum Gasteiger partial charge on any atom is 0.259 e. The summed E-state index contributed by atoms with van der Waals surface area (Å²) in [7, 11) is 0. The maximum atomic E-state index is 13.2. The minimum absolute atomic E-state index is 0.0395. The first-order chi connectivity index (χ1) is 15.1. The number of hydrogen-bond donors (Lipinski definition) is 0. The molecule has 0 saturated carbocycles. The van der Waals surface area contributed by atoms with Crippen LogP contribution in [0, 0.1) is 6.92 Å². The van der Waals surface area contributed by atoms with Crippen LogP contribution in [0.2, 0.25) is 0 Å². The Balaban J connectivity index is 1.56. The fourth-order valence-electron chi connectivity index (χ4n) is 3.66. The molecule has 1 aromatic heterocycles. The van der Waals surface area contributed by atoms with E-state index in [0.29, 0.717) is 18.3 Å². The SMILES string of the molecule is CCCN1C(=O)c2ccccc2Sc2cc(-c3noc(-c4ccc(C)cc4)n3)ccc21. The Labute approximate surface area is 185 Å². The van der Waals surface area contributed by atoms with Gasteiger partial charge in [0.15, 0.2) is 0 Å². The predicted octanol–water partition coefficient (Wildman–Crippen LogP) is 6.23. The number of carbonyl (C=O) groups is 1. The monoisotopic (exact) mass is 427 g/mol. The van der Waals surface area contributed by atoms with Crippen molar-refractivity contribution >= 4 is 23.4 Å². The van der Waals surface area contributed by atoms with Gasteiger partial charge in [0.05, 0.1) is 11.3 Å². The third kappa shape index (κ3) is 3.64. The van der Waals surface area contributed by atoms with Gasteiger partial charge in [-0.3, -0.25) is 4.79 Å². The number of benzene rings is 3. The van der Waals surface area contributed by atoms with Gasteiger partial charge in [-0.2, -0.15) is 4.98 Å². The lowest BCUT2D eigenvalue weighted by atomic mass is 10.1. The molecule has 1 aliphatic rings. The minimum Gasteiger partial charge on any atom is -0.334 e. The van der Waals surface area contributed by atoms with Crippen LogP contribution in [0.5, 0.6) is 0 Å². The molecule has 0 saturated heterocycles. The van der Waals surface area contributed by atoms with Gasteiger partial charge in [0.25, 0.3) is 11.8 Å². The normalized spacial score (nSPS) is 13.0. The number of amides is 1. The van der Waals surface area contributed by atoms with E-state index in [0.717, 1.165) is 38.6 Å². The van der Waals surface area contributed by atoms with Gasteiger partial charge in [-0.25, -0.2) is 0 Å². The first-order valence-corrected chi connectivity index (χ1v) is 11.1. The summed E-state index contributed by atoms with van der Waals surface area (Å²) in [6, 6.07) is 21.7. The van der Waals surface area contributed by atoms with E-state index in [1.807, 2.05) is 78.6 Å². The minimum atomic E-state index is 0.0395. The molecular weight excluding hydrogens is 406 g/mol. The number of rotatable bonds is 4. The highest BCUT2D eigenvalue weighted by atomic mass is 32.2. The molecule has 0 aliphatic carbocycles. The molecule has 3 aromatic carbocycles. The van der Waals surface area contributed by atoms with Gasteiger partial charge in [-0.1, -0.05) is 53.7 Å². The fraction of sp³-hybridized carbons (Fsp3) is 0.160. The summed E-state index contributed by atoms with van der Waals surface area (Å²) >= 11 is 1.60. The predicted molar refractivity (Wildman–Crippen MR) is 122 cm³/mol. The zero-order chi connectivity index (χ0) is 21.4. The number of fused-ring (bicyclic) bond motifs is 2. The molecule has 6 heteroatoms. The van der Waals surface area contributed by atoms with Crippen molar-refractivity contribution in [1.29, 1.82) is 0 Å². The largest absolute Gasteiger partial charge is 0.334 e. The molecule has 0 N–H and O–H groups in total. The molecular formula is C25H21N3O2S. The van der Waals surface area contributed by atoms with Crippen LogP contribution in [-0.4, -0.2) is 22.6 Å². The smallest absolute Gasteiger partial charge is 0.259 e. The highest BCUT2D eigenvalue weighted by Gasteiger charge is 2.27. The Bertz CT molecular complexity index is 1260. The molecule has 2 heterocycles. The summed E-state index contributed by atoms with van der Waals surface area (Å²) in [5.41, 5.74) is 4.58. The Morgan fingerprint density at radius 2 is 1.74 bits per heavy atom. The molecule has 0 bridgehead atoms. The van der Waals surface area contributed by atoms with Crippen molar-refractivity contribution in [2.75, 3.05) is 11.4 Å². The van der Waals surface area contributed by atoms with E-state index >= 15 is 0 Å². The summed E-state index contributed by atoms with van der Waals surface area (Å²) in [5, 5.41) is 4.20. The van der Waals surface area contributed by atoms with E-state index in [1.165, 1.54) is 5.56 Å². The third-order valence-corrected chi connectivity index (χ3v) is 6.39. The van der Waals surface area contributed by atoms with Crippen LogP contribution in [0.3, 0.4) is 0 Å². The van der Waals surface area contributed by atoms with Gasteiger partial charge < -0.3 is 9.42 Å². The topological polar surface area (TPSA) is 59.2 Å². The van der Waals surface area contributed by atoms with Crippen molar-refractivity contribution in [2.45, 2.75) is 30.1 Å². The molecule has 0 atom stereocenters. The lowest BCUT2D eigenvalue weighted by molar-refractivity contribution is 0.0984. The van der Waals surface area contributed by atoms with Crippen molar-refractivity contribution in [3.63, 3.8) is 0 Å². The van der Waals surface area contributed by atoms with Gasteiger partial charge in [-0.05, 0) is 55.8 Å². The van der Waals surface area contributed by atoms with Crippen LogP contribution in [-0.2, 0) is 0 Å². The zero-order valence-electron chi connectivity index (χ0n) is 17.3. The molecule has 5 nitrogen and oxygen atoms in total. The van der Waals surface area contributed by atoms with Crippen molar-refractivity contribution < 1.29 is 9.32 Å². The van der Waals surface area contributed by atoms with E-state index in [1.54, 1.807) is 11.8 Å². The molecule has 1 amide bonds. The van der Waals surface area contributed by atoms with E-state index in [-0.39, 0.29) is 5.91 Å². The fourth-order valence-corrected chi connectivity index (χ4v) is 4.78. The van der Waals surface area contributed by atoms with Crippen LogP contribution in [0.1, 0.15) is 29.3 Å². The Morgan fingerprint density at radius 1 is 0.968 bits per heavy atom. The third-order valence-electron chi connectivity index (χ3n) is 5.26. The van der Waals surface area contributed by atoms with Crippen LogP contribution in [0.25, 0.3) is 22.8 Å². The van der Waals surface area contributed by atoms with Gasteiger partial charge >= 0.3 is 0 Å². The van der Waals surface area contributed by atoms with Gasteiger partial charge in [0.1, 0.15) is 0 Å². The van der Waals surface area contributed by atoms with E-state index < -0.39 is 0 Å². The number of carbonyl (C=O) groups excluding carboxylic acids is 1. The second-order valence-electron chi connectivity index (χ2n) is 7.53. The molecule has 1 aliphatic heterocycles. The molecule has 5 rings (SSSR count). The molecule has 31 heavy (non-hydrogen) atoms. The number of hydrogen-bond acceptors (Lipinski definition) is 5. The standard InChI is InChI=1S/C25H21N3O2S/c1-3-14-28-20-13-12-18(15-22(20)31-21-7-5-4-6-19(21)25(28)29)23-26-24(30-27-23)17-10-8-16(2)9-11-17/h4-13,15H,3,14H2,1-2H3. The molecule has 0 spiro atoms. The summed E-state index contributed by atoms with van der Waals surface area (Å²) in [4.78, 5) is 21.6. The van der Waals surface area contributed by atoms with Gasteiger partial charge in [0.2, 0.25) is 5.82 Å². The second kappa shape index (κ2) is 8.04. The molecule has 0 unspecified atom stereocenters. The summed E-state index contributed by atoms with van der Waals surface area (Å²) in [5.74, 6) is 1.06. The quantitative estimate of drug-likeness (QED) is 0.386. The van der Waals surface area contributed by atoms with Gasteiger partial charge in [-0.15, -0.1) is 0 Å². The highest BCUT2D eigenvalue weighted by molar-refractivity contribution is 7.99. The van der Waals surface area contributed by atoms with Crippen molar-refractivity contribution in [3.8, 4) is 22.8 Å². The Kier molecular flexibility index (Phi) is 5.08. The van der Waals surface area contributed by atoms with Crippen molar-refractivity contribution in [2.24, 2.45) is 0 Å². The average Bonchev–Trinajstić information content (AvgIpc) is 3.24. The average molecular weight is 428 g/mol. The maximum absolute atomic E-state index is 13.2. The summed E-state index contributed by atoms with van der Waals surface area (Å²) < 4.78 is 5.51. The molecule has 0 fully saturated rings. The summed E-state index contributed by atoms with van der Waals surface area (Å²) in [6.07, 6.45) is 0.879. The first kappa shape index (κ1) is 19.6. The Hall–Kier alpha value is -3.38. The number of aryl methyl sites for hydroxylation is 1. The van der Waals surface area contributed by atoms with E-state index in [4.69, 9.17) is 4.52 Å². The Morgan fingerprint density at radius 3 is 2.55 bits per heavy atom. The molecule has 0 radical (unpaired) electrons. The second-order valence-corrected chi connectivity index (χ2v) is 8.61. The highest BCUT2D eigenvalue weighted by Crippen LogP contribution is 2.43. The zero-order valence-corrected chi connectivity index (χ0v) is 18.1. The van der Waals surface area contributed by atoms with Crippen LogP contribution < -0.4 is 4.90 Å². The molecule has 4 aromatic rings. The number of anilines is 1. The van der Waals surface area contributed by atoms with Crippen LogP contribution in [0.4, 0.5) is 5.69 Å².